The van der Waals surface area contributed by atoms with E-state index in [1.54, 1.807) is 31.2 Å². The highest BCUT2D eigenvalue weighted by atomic mass is 35.5. The molecule has 1 aliphatic heterocycles. The number of carbonyl (C=O) groups excluding carboxylic acids is 1. The molecule has 146 valence electrons. The van der Waals surface area contributed by atoms with Crippen molar-refractivity contribution in [2.45, 2.75) is 32.4 Å². The molecule has 2 aromatic heterocycles. The lowest BCUT2D eigenvalue weighted by Gasteiger charge is -2.12. The van der Waals surface area contributed by atoms with E-state index >= 15 is 0 Å². The average Bonchev–Trinajstić information content (AvgIpc) is 3.33. The Kier molecular flexibility index (Phi) is 5.15. The Morgan fingerprint density at radius 1 is 1.36 bits per heavy atom. The van der Waals surface area contributed by atoms with Gasteiger partial charge in [0.2, 0.25) is 5.91 Å². The van der Waals surface area contributed by atoms with Crippen LogP contribution in [0.25, 0.3) is 22.2 Å². The van der Waals surface area contributed by atoms with Gasteiger partial charge in [-0.05, 0) is 31.9 Å². The SMILES string of the molecule is Cc1onc2c(=O)n(CC(=O)NC[C@@H]3CCCO3)nc(-c3ccc(Cl)cc3)c12. The van der Waals surface area contributed by atoms with Crippen LogP contribution in [0.4, 0.5) is 0 Å². The van der Waals surface area contributed by atoms with Crippen molar-refractivity contribution >= 4 is 28.4 Å². The summed E-state index contributed by atoms with van der Waals surface area (Å²) in [5.74, 6) is 0.172. The number of halogens is 1. The monoisotopic (exact) mass is 402 g/mol. The van der Waals surface area contributed by atoms with Crippen LogP contribution >= 0.6 is 11.6 Å². The van der Waals surface area contributed by atoms with Gasteiger partial charge in [-0.2, -0.15) is 5.10 Å². The standard InChI is InChI=1S/C19H19ClN4O4/c1-11-16-17(12-4-6-13(20)7-5-12)22-24(19(26)18(16)23-28-11)10-15(25)21-9-14-3-2-8-27-14/h4-7,14H,2-3,8-10H2,1H3,(H,21,25)/t14-/m0/s1. The van der Waals surface area contributed by atoms with Gasteiger partial charge in [0.25, 0.3) is 5.56 Å². The van der Waals surface area contributed by atoms with E-state index in [2.05, 4.69) is 15.6 Å². The number of aryl methyl sites for hydroxylation is 1. The molecule has 1 amide bonds. The molecule has 9 heteroatoms. The summed E-state index contributed by atoms with van der Waals surface area (Å²) in [5.41, 5.74) is 0.923. The molecule has 0 bridgehead atoms. The van der Waals surface area contributed by atoms with E-state index in [0.29, 0.717) is 35.0 Å². The molecule has 1 fully saturated rings. The second-order valence-corrected chi connectivity index (χ2v) is 7.16. The normalized spacial score (nSPS) is 16.6. The van der Waals surface area contributed by atoms with Gasteiger partial charge in [-0.25, -0.2) is 4.68 Å². The van der Waals surface area contributed by atoms with E-state index in [1.165, 1.54) is 0 Å². The Balaban J connectivity index is 1.66. The van der Waals surface area contributed by atoms with Crippen molar-refractivity contribution < 1.29 is 14.1 Å². The minimum absolute atomic E-state index is 0.0268. The first kappa shape index (κ1) is 18.6. The first-order valence-electron chi connectivity index (χ1n) is 9.04. The number of rotatable bonds is 5. The second kappa shape index (κ2) is 7.73. The van der Waals surface area contributed by atoms with Crippen molar-refractivity contribution in [3.05, 3.63) is 45.4 Å². The van der Waals surface area contributed by atoms with Gasteiger partial charge >= 0.3 is 0 Å². The quantitative estimate of drug-likeness (QED) is 0.703. The lowest BCUT2D eigenvalue weighted by Crippen LogP contribution is -2.37. The molecule has 1 saturated heterocycles. The molecule has 8 nitrogen and oxygen atoms in total. The van der Waals surface area contributed by atoms with Crippen molar-refractivity contribution in [2.75, 3.05) is 13.2 Å². The van der Waals surface area contributed by atoms with Crippen LogP contribution in [0.15, 0.2) is 33.6 Å². The van der Waals surface area contributed by atoms with E-state index in [9.17, 15) is 9.59 Å². The smallest absolute Gasteiger partial charge is 0.297 e. The number of nitrogens with one attached hydrogen (secondary N) is 1. The van der Waals surface area contributed by atoms with Crippen LogP contribution < -0.4 is 10.9 Å². The number of hydrogen-bond acceptors (Lipinski definition) is 6. The summed E-state index contributed by atoms with van der Waals surface area (Å²) in [4.78, 5) is 25.1. The van der Waals surface area contributed by atoms with Crippen molar-refractivity contribution in [2.24, 2.45) is 0 Å². The summed E-state index contributed by atoms with van der Waals surface area (Å²) >= 11 is 5.97. The van der Waals surface area contributed by atoms with Crippen molar-refractivity contribution in [1.29, 1.82) is 0 Å². The van der Waals surface area contributed by atoms with Crippen LogP contribution in [0.2, 0.25) is 5.02 Å². The molecule has 0 spiro atoms. The fourth-order valence-corrected chi connectivity index (χ4v) is 3.40. The number of benzene rings is 1. The summed E-state index contributed by atoms with van der Waals surface area (Å²) in [6.07, 6.45) is 1.94. The highest BCUT2D eigenvalue weighted by molar-refractivity contribution is 6.30. The fraction of sp³-hybridized carbons (Fsp3) is 0.368. The summed E-state index contributed by atoms with van der Waals surface area (Å²) in [6.45, 7) is 2.64. The topological polar surface area (TPSA) is 99.2 Å². The molecule has 0 aliphatic carbocycles. The van der Waals surface area contributed by atoms with Crippen LogP contribution in [-0.4, -0.2) is 40.1 Å². The Morgan fingerprint density at radius 3 is 2.86 bits per heavy atom. The summed E-state index contributed by atoms with van der Waals surface area (Å²) in [7, 11) is 0. The van der Waals surface area contributed by atoms with Gasteiger partial charge in [0.1, 0.15) is 18.0 Å². The number of hydrogen-bond donors (Lipinski definition) is 1. The molecule has 3 aromatic rings. The molecule has 1 atom stereocenters. The third-order valence-electron chi connectivity index (χ3n) is 4.72. The number of nitrogens with zero attached hydrogens (tertiary/aromatic N) is 3. The summed E-state index contributed by atoms with van der Waals surface area (Å²) in [6, 6.07) is 7.06. The zero-order valence-corrected chi connectivity index (χ0v) is 16.0. The largest absolute Gasteiger partial charge is 0.376 e. The van der Waals surface area contributed by atoms with Crippen LogP contribution in [-0.2, 0) is 16.1 Å². The first-order valence-corrected chi connectivity index (χ1v) is 9.42. The van der Waals surface area contributed by atoms with Gasteiger partial charge in [-0.3, -0.25) is 9.59 Å². The maximum Gasteiger partial charge on any atom is 0.297 e. The molecule has 0 unspecified atom stereocenters. The molecular formula is C19H19ClN4O4. The van der Waals surface area contributed by atoms with Crippen LogP contribution in [0.1, 0.15) is 18.6 Å². The molecule has 4 rings (SSSR count). The van der Waals surface area contributed by atoms with Gasteiger partial charge < -0.3 is 14.6 Å². The maximum atomic E-state index is 12.7. The van der Waals surface area contributed by atoms with Gasteiger partial charge in [-0.15, -0.1) is 0 Å². The number of aromatic nitrogens is 3. The van der Waals surface area contributed by atoms with Crippen molar-refractivity contribution in [3.63, 3.8) is 0 Å². The van der Waals surface area contributed by atoms with Crippen LogP contribution in [0, 0.1) is 6.92 Å². The molecule has 1 aliphatic rings. The number of carbonyl (C=O) groups is 1. The zero-order valence-electron chi connectivity index (χ0n) is 15.3. The first-order chi connectivity index (χ1) is 13.5. The molecular weight excluding hydrogens is 384 g/mol. The predicted octanol–water partition coefficient (Wildman–Crippen LogP) is 2.31. The average molecular weight is 403 g/mol. The molecule has 0 saturated carbocycles. The molecule has 0 radical (unpaired) electrons. The summed E-state index contributed by atoms with van der Waals surface area (Å²) in [5, 5.41) is 12.2. The highest BCUT2D eigenvalue weighted by Crippen LogP contribution is 2.28. The molecule has 1 N–H and O–H groups in total. The van der Waals surface area contributed by atoms with Crippen LogP contribution in [0.5, 0.6) is 0 Å². The third-order valence-corrected chi connectivity index (χ3v) is 4.97. The van der Waals surface area contributed by atoms with E-state index in [-0.39, 0.29) is 24.1 Å². The Hall–Kier alpha value is -2.71. The van der Waals surface area contributed by atoms with Crippen LogP contribution in [0.3, 0.4) is 0 Å². The fourth-order valence-electron chi connectivity index (χ4n) is 3.28. The number of fused-ring (bicyclic) bond motifs is 1. The Labute approximate surface area is 165 Å². The third kappa shape index (κ3) is 3.65. The minimum atomic E-state index is -0.475. The number of ether oxygens (including phenoxy) is 1. The van der Waals surface area contributed by atoms with Gasteiger partial charge in [0, 0.05) is 23.7 Å². The van der Waals surface area contributed by atoms with Gasteiger partial charge in [-0.1, -0.05) is 28.9 Å². The zero-order chi connectivity index (χ0) is 19.7. The lowest BCUT2D eigenvalue weighted by atomic mass is 10.1. The highest BCUT2D eigenvalue weighted by Gasteiger charge is 2.21. The molecule has 1 aromatic carbocycles. The van der Waals surface area contributed by atoms with Gasteiger partial charge in [0.15, 0.2) is 5.52 Å². The lowest BCUT2D eigenvalue weighted by molar-refractivity contribution is -0.122. The Bertz CT molecular complexity index is 1070. The number of amides is 1. The van der Waals surface area contributed by atoms with E-state index in [1.807, 2.05) is 0 Å². The van der Waals surface area contributed by atoms with E-state index in [0.717, 1.165) is 23.1 Å². The second-order valence-electron chi connectivity index (χ2n) is 6.72. The minimum Gasteiger partial charge on any atom is -0.376 e. The van der Waals surface area contributed by atoms with Crippen molar-refractivity contribution in [1.82, 2.24) is 20.3 Å². The predicted molar refractivity (Wildman–Crippen MR) is 103 cm³/mol. The maximum absolute atomic E-state index is 12.7. The molecule has 28 heavy (non-hydrogen) atoms. The molecule has 3 heterocycles. The van der Waals surface area contributed by atoms with E-state index in [4.69, 9.17) is 20.9 Å². The van der Waals surface area contributed by atoms with Crippen molar-refractivity contribution in [3.8, 4) is 11.3 Å². The van der Waals surface area contributed by atoms with Gasteiger partial charge in [0.05, 0.1) is 11.5 Å². The van der Waals surface area contributed by atoms with E-state index < -0.39 is 5.56 Å². The summed E-state index contributed by atoms with van der Waals surface area (Å²) < 4.78 is 11.8. The Morgan fingerprint density at radius 2 is 2.14 bits per heavy atom.